The Bertz CT molecular complexity index is 826. The highest BCUT2D eigenvalue weighted by atomic mass is 35.5. The van der Waals surface area contributed by atoms with Crippen molar-refractivity contribution in [1.82, 2.24) is 9.97 Å². The molecule has 0 amide bonds. The van der Waals surface area contributed by atoms with E-state index in [1.807, 2.05) is 17.4 Å². The summed E-state index contributed by atoms with van der Waals surface area (Å²) in [6.07, 6.45) is 7.94. The van der Waals surface area contributed by atoms with Crippen LogP contribution in [0.15, 0.2) is 30.3 Å². The quantitative estimate of drug-likeness (QED) is 0.470. The molecule has 0 N–H and O–H groups in total. The summed E-state index contributed by atoms with van der Waals surface area (Å²) >= 11 is 8.36. The highest BCUT2D eigenvalue weighted by Crippen LogP contribution is 2.37. The SMILES string of the molecule is Clc1nc(CCc2ccccc2)nc2sc3c(c12)CCCCC3. The minimum absolute atomic E-state index is 0.650. The third kappa shape index (κ3) is 3.13. The molecule has 118 valence electrons. The van der Waals surface area contributed by atoms with E-state index in [1.54, 1.807) is 0 Å². The second kappa shape index (κ2) is 6.58. The van der Waals surface area contributed by atoms with Crippen molar-refractivity contribution >= 4 is 33.2 Å². The maximum absolute atomic E-state index is 6.53. The average Bonchev–Trinajstić information content (AvgIpc) is 2.76. The summed E-state index contributed by atoms with van der Waals surface area (Å²) in [6.45, 7) is 0. The molecule has 1 aliphatic carbocycles. The molecule has 0 fully saturated rings. The second-order valence-corrected chi connectivity index (χ2v) is 7.60. The predicted molar refractivity (Wildman–Crippen MR) is 97.5 cm³/mol. The fourth-order valence-electron chi connectivity index (χ4n) is 3.34. The first-order valence-corrected chi connectivity index (χ1v) is 9.51. The van der Waals surface area contributed by atoms with Gasteiger partial charge in [0.05, 0.1) is 5.39 Å². The molecule has 2 aromatic heterocycles. The molecule has 0 saturated carbocycles. The molecule has 23 heavy (non-hydrogen) atoms. The highest BCUT2D eigenvalue weighted by molar-refractivity contribution is 7.19. The van der Waals surface area contributed by atoms with Crippen molar-refractivity contribution in [2.24, 2.45) is 0 Å². The third-order valence-corrected chi connectivity index (χ3v) is 6.01. The standard InChI is InChI=1S/C19H19ClN2S/c20-18-17-14-9-5-2-6-10-15(14)23-19(17)22-16(21-18)12-11-13-7-3-1-4-8-13/h1,3-4,7-8H,2,5-6,9-12H2. The summed E-state index contributed by atoms with van der Waals surface area (Å²) in [4.78, 5) is 12.0. The molecule has 0 saturated heterocycles. The molecule has 0 bridgehead atoms. The molecule has 0 unspecified atom stereocenters. The van der Waals surface area contributed by atoms with Gasteiger partial charge in [0.1, 0.15) is 15.8 Å². The van der Waals surface area contributed by atoms with Crippen molar-refractivity contribution < 1.29 is 0 Å². The van der Waals surface area contributed by atoms with Crippen LogP contribution in [0.5, 0.6) is 0 Å². The number of nitrogens with zero attached hydrogens (tertiary/aromatic N) is 2. The largest absolute Gasteiger partial charge is 0.222 e. The van der Waals surface area contributed by atoms with Crippen molar-refractivity contribution in [2.45, 2.75) is 44.9 Å². The van der Waals surface area contributed by atoms with Crippen LogP contribution in [0, 0.1) is 0 Å². The lowest BCUT2D eigenvalue weighted by Crippen LogP contribution is -1.99. The third-order valence-electron chi connectivity index (χ3n) is 4.55. The van der Waals surface area contributed by atoms with Crippen molar-refractivity contribution in [3.63, 3.8) is 0 Å². The first-order valence-electron chi connectivity index (χ1n) is 8.32. The van der Waals surface area contributed by atoms with Gasteiger partial charge in [-0.05, 0) is 43.2 Å². The van der Waals surface area contributed by atoms with Gasteiger partial charge < -0.3 is 0 Å². The van der Waals surface area contributed by atoms with Gasteiger partial charge in [0, 0.05) is 11.3 Å². The molecule has 2 nitrogen and oxygen atoms in total. The number of benzene rings is 1. The van der Waals surface area contributed by atoms with Crippen LogP contribution in [0.1, 0.15) is 41.1 Å². The molecular formula is C19H19ClN2S. The molecule has 1 aliphatic rings. The van der Waals surface area contributed by atoms with Crippen LogP contribution in [-0.4, -0.2) is 9.97 Å². The molecule has 2 heterocycles. The van der Waals surface area contributed by atoms with Gasteiger partial charge in [-0.3, -0.25) is 0 Å². The molecule has 4 heteroatoms. The van der Waals surface area contributed by atoms with Gasteiger partial charge in [-0.2, -0.15) is 0 Å². The molecule has 0 atom stereocenters. The van der Waals surface area contributed by atoms with E-state index in [0.717, 1.165) is 35.3 Å². The average molecular weight is 343 g/mol. The minimum Gasteiger partial charge on any atom is -0.222 e. The molecule has 1 aromatic carbocycles. The van der Waals surface area contributed by atoms with Crippen LogP contribution < -0.4 is 0 Å². The number of aryl methyl sites for hydroxylation is 4. The molecule has 4 rings (SSSR count). The van der Waals surface area contributed by atoms with E-state index in [0.29, 0.717) is 5.15 Å². The Morgan fingerprint density at radius 1 is 0.957 bits per heavy atom. The van der Waals surface area contributed by atoms with E-state index in [9.17, 15) is 0 Å². The zero-order valence-corrected chi connectivity index (χ0v) is 14.6. The van der Waals surface area contributed by atoms with Gasteiger partial charge in [-0.15, -0.1) is 11.3 Å². The van der Waals surface area contributed by atoms with Gasteiger partial charge in [0.2, 0.25) is 0 Å². The highest BCUT2D eigenvalue weighted by Gasteiger charge is 2.19. The van der Waals surface area contributed by atoms with Crippen molar-refractivity contribution in [3.05, 3.63) is 57.3 Å². The molecule has 0 spiro atoms. The van der Waals surface area contributed by atoms with Gasteiger partial charge in [-0.1, -0.05) is 48.4 Å². The molecule has 0 aliphatic heterocycles. The van der Waals surface area contributed by atoms with Gasteiger partial charge in [-0.25, -0.2) is 9.97 Å². The summed E-state index contributed by atoms with van der Waals surface area (Å²) in [5.41, 5.74) is 2.73. The summed E-state index contributed by atoms with van der Waals surface area (Å²) in [5.74, 6) is 0.864. The lowest BCUT2D eigenvalue weighted by molar-refractivity contribution is 0.713. The van der Waals surface area contributed by atoms with E-state index in [1.165, 1.54) is 41.7 Å². The van der Waals surface area contributed by atoms with Gasteiger partial charge in [0.15, 0.2) is 0 Å². The number of aromatic nitrogens is 2. The maximum Gasteiger partial charge on any atom is 0.141 e. The second-order valence-electron chi connectivity index (χ2n) is 6.16. The molecule has 3 aromatic rings. The number of rotatable bonds is 3. The zero-order valence-electron chi connectivity index (χ0n) is 13.0. The Balaban J connectivity index is 1.65. The van der Waals surface area contributed by atoms with Crippen LogP contribution in [-0.2, 0) is 25.7 Å². The first-order chi connectivity index (χ1) is 11.3. The summed E-state index contributed by atoms with van der Waals surface area (Å²) in [6, 6.07) is 10.5. The summed E-state index contributed by atoms with van der Waals surface area (Å²) in [7, 11) is 0. The smallest absolute Gasteiger partial charge is 0.141 e. The molecular weight excluding hydrogens is 324 g/mol. The predicted octanol–water partition coefficient (Wildman–Crippen LogP) is 5.40. The van der Waals surface area contributed by atoms with Crippen LogP contribution in [0.4, 0.5) is 0 Å². The van der Waals surface area contributed by atoms with E-state index >= 15 is 0 Å². The lowest BCUT2D eigenvalue weighted by atomic mass is 10.1. The number of fused-ring (bicyclic) bond motifs is 3. The fraction of sp³-hybridized carbons (Fsp3) is 0.368. The Morgan fingerprint density at radius 2 is 1.78 bits per heavy atom. The zero-order chi connectivity index (χ0) is 15.6. The van der Waals surface area contributed by atoms with Crippen LogP contribution in [0.3, 0.4) is 0 Å². The van der Waals surface area contributed by atoms with Gasteiger partial charge >= 0.3 is 0 Å². The van der Waals surface area contributed by atoms with E-state index < -0.39 is 0 Å². The van der Waals surface area contributed by atoms with Crippen LogP contribution in [0.25, 0.3) is 10.2 Å². The summed E-state index contributed by atoms with van der Waals surface area (Å²) in [5, 5.41) is 1.77. The van der Waals surface area contributed by atoms with Crippen molar-refractivity contribution in [2.75, 3.05) is 0 Å². The lowest BCUT2D eigenvalue weighted by Gasteiger charge is -2.04. The number of hydrogen-bond donors (Lipinski definition) is 0. The maximum atomic E-state index is 6.53. The van der Waals surface area contributed by atoms with Gasteiger partial charge in [0.25, 0.3) is 0 Å². The molecule has 0 radical (unpaired) electrons. The minimum atomic E-state index is 0.650. The Hall–Kier alpha value is -1.45. The topological polar surface area (TPSA) is 25.8 Å². The Morgan fingerprint density at radius 3 is 2.65 bits per heavy atom. The number of halogens is 1. The monoisotopic (exact) mass is 342 g/mol. The van der Waals surface area contributed by atoms with Crippen LogP contribution in [0.2, 0.25) is 5.15 Å². The first kappa shape index (κ1) is 15.1. The summed E-state index contributed by atoms with van der Waals surface area (Å²) < 4.78 is 0. The number of hydrogen-bond acceptors (Lipinski definition) is 3. The van der Waals surface area contributed by atoms with E-state index in [2.05, 4.69) is 29.2 Å². The Kier molecular flexibility index (Phi) is 4.32. The van der Waals surface area contributed by atoms with E-state index in [-0.39, 0.29) is 0 Å². The van der Waals surface area contributed by atoms with E-state index in [4.69, 9.17) is 16.6 Å². The fourth-order valence-corrected chi connectivity index (χ4v) is 4.98. The van der Waals surface area contributed by atoms with Crippen molar-refractivity contribution in [1.29, 1.82) is 0 Å². The Labute approximate surface area is 145 Å². The van der Waals surface area contributed by atoms with Crippen LogP contribution >= 0.6 is 22.9 Å². The normalized spacial score (nSPS) is 14.7. The number of thiophene rings is 1. The van der Waals surface area contributed by atoms with Crippen molar-refractivity contribution in [3.8, 4) is 0 Å².